The summed E-state index contributed by atoms with van der Waals surface area (Å²) in [5.41, 5.74) is 3.60. The van der Waals surface area contributed by atoms with E-state index in [-0.39, 0.29) is 0 Å². The van der Waals surface area contributed by atoms with E-state index < -0.39 is 0 Å². The fourth-order valence-electron chi connectivity index (χ4n) is 1.68. The number of hydrogen-bond donors (Lipinski definition) is 1. The molecule has 1 N–H and O–H groups in total. The van der Waals surface area contributed by atoms with Crippen LogP contribution in [0.2, 0.25) is 0 Å². The van der Waals surface area contributed by atoms with Crippen LogP contribution in [0.5, 0.6) is 0 Å². The van der Waals surface area contributed by atoms with E-state index >= 15 is 0 Å². The molecule has 0 aliphatic carbocycles. The molecule has 1 heterocycles. The molecule has 0 saturated carbocycles. The molecule has 2 rings (SSSR count). The number of hydrogen-bond acceptors (Lipinski definition) is 3. The topological polar surface area (TPSA) is 38.1 Å². The summed E-state index contributed by atoms with van der Waals surface area (Å²) < 4.78 is 4.77. The van der Waals surface area contributed by atoms with Crippen molar-refractivity contribution >= 4 is 0 Å². The summed E-state index contributed by atoms with van der Waals surface area (Å²) in [5.74, 6) is 0.590. The lowest BCUT2D eigenvalue weighted by molar-refractivity contribution is 0.408. The summed E-state index contributed by atoms with van der Waals surface area (Å²) in [6.45, 7) is 6.00. The maximum absolute atomic E-state index is 4.77. The van der Waals surface area contributed by atoms with Crippen LogP contribution in [0.3, 0.4) is 0 Å². The van der Waals surface area contributed by atoms with Gasteiger partial charge in [0.1, 0.15) is 6.26 Å². The molecule has 0 unspecified atom stereocenters. The van der Waals surface area contributed by atoms with Gasteiger partial charge in [0.2, 0.25) is 0 Å². The van der Waals surface area contributed by atoms with Gasteiger partial charge in [0, 0.05) is 19.2 Å². The third kappa shape index (κ3) is 3.43. The van der Waals surface area contributed by atoms with E-state index in [1.54, 1.807) is 6.26 Å². The zero-order valence-electron chi connectivity index (χ0n) is 10.3. The Hall–Kier alpha value is -1.61. The van der Waals surface area contributed by atoms with Crippen molar-refractivity contribution < 1.29 is 4.52 Å². The highest BCUT2D eigenvalue weighted by Gasteiger charge is 1.99. The van der Waals surface area contributed by atoms with Crippen molar-refractivity contribution in [2.75, 3.05) is 0 Å². The smallest absolute Gasteiger partial charge is 0.124 e. The molecule has 0 radical (unpaired) electrons. The number of nitrogens with zero attached hydrogens (tertiary/aromatic N) is 1. The molecule has 1 aromatic heterocycles. The molecule has 0 amide bonds. The first-order valence-corrected chi connectivity index (χ1v) is 5.94. The van der Waals surface area contributed by atoms with Gasteiger partial charge in [0.25, 0.3) is 0 Å². The van der Waals surface area contributed by atoms with Gasteiger partial charge in [-0.05, 0) is 17.0 Å². The van der Waals surface area contributed by atoms with Crippen molar-refractivity contribution in [2.45, 2.75) is 32.9 Å². The summed E-state index contributed by atoms with van der Waals surface area (Å²) >= 11 is 0. The summed E-state index contributed by atoms with van der Waals surface area (Å²) in [5, 5.41) is 7.18. The normalized spacial score (nSPS) is 11.0. The first-order chi connectivity index (χ1) is 8.25. The SMILES string of the molecule is CC(C)c1ccc(CNCc2ccon2)cc1. The molecule has 0 saturated heterocycles. The van der Waals surface area contributed by atoms with Crippen LogP contribution in [0.15, 0.2) is 41.1 Å². The Labute approximate surface area is 102 Å². The molecule has 0 atom stereocenters. The minimum absolute atomic E-state index is 0.590. The summed E-state index contributed by atoms with van der Waals surface area (Å²) in [6, 6.07) is 10.6. The minimum Gasteiger partial charge on any atom is -0.364 e. The van der Waals surface area contributed by atoms with Gasteiger partial charge >= 0.3 is 0 Å². The molecule has 3 nitrogen and oxygen atoms in total. The van der Waals surface area contributed by atoms with E-state index in [1.807, 2.05) is 6.07 Å². The third-order valence-corrected chi connectivity index (χ3v) is 2.77. The van der Waals surface area contributed by atoms with Crippen molar-refractivity contribution in [1.82, 2.24) is 10.5 Å². The number of nitrogens with one attached hydrogen (secondary N) is 1. The van der Waals surface area contributed by atoms with Crippen LogP contribution in [-0.4, -0.2) is 5.16 Å². The van der Waals surface area contributed by atoms with Gasteiger partial charge in [-0.2, -0.15) is 0 Å². The number of rotatable bonds is 5. The van der Waals surface area contributed by atoms with Gasteiger partial charge in [-0.25, -0.2) is 0 Å². The highest BCUT2D eigenvalue weighted by atomic mass is 16.5. The highest BCUT2D eigenvalue weighted by Crippen LogP contribution is 2.14. The fraction of sp³-hybridized carbons (Fsp3) is 0.357. The molecular weight excluding hydrogens is 212 g/mol. The summed E-state index contributed by atoms with van der Waals surface area (Å²) in [6.07, 6.45) is 1.59. The molecule has 17 heavy (non-hydrogen) atoms. The lowest BCUT2D eigenvalue weighted by atomic mass is 10.0. The second-order valence-corrected chi connectivity index (χ2v) is 4.49. The molecule has 3 heteroatoms. The largest absolute Gasteiger partial charge is 0.364 e. The Kier molecular flexibility index (Phi) is 3.94. The molecule has 0 aliphatic heterocycles. The molecule has 0 bridgehead atoms. The zero-order valence-corrected chi connectivity index (χ0v) is 10.3. The van der Waals surface area contributed by atoms with Gasteiger partial charge in [0.05, 0.1) is 5.69 Å². The third-order valence-electron chi connectivity index (χ3n) is 2.77. The zero-order chi connectivity index (χ0) is 12.1. The number of benzene rings is 1. The molecule has 0 aliphatic rings. The molecule has 1 aromatic carbocycles. The Morgan fingerprint density at radius 2 is 1.88 bits per heavy atom. The van der Waals surface area contributed by atoms with Crippen LogP contribution in [0.25, 0.3) is 0 Å². The lowest BCUT2D eigenvalue weighted by Crippen LogP contribution is -2.12. The van der Waals surface area contributed by atoms with E-state index in [2.05, 4.69) is 48.6 Å². The summed E-state index contributed by atoms with van der Waals surface area (Å²) in [4.78, 5) is 0. The first-order valence-electron chi connectivity index (χ1n) is 5.94. The second-order valence-electron chi connectivity index (χ2n) is 4.49. The quantitative estimate of drug-likeness (QED) is 0.857. The Bertz CT molecular complexity index is 432. The minimum atomic E-state index is 0.590. The Balaban J connectivity index is 1.83. The van der Waals surface area contributed by atoms with Crippen molar-refractivity contribution in [3.8, 4) is 0 Å². The van der Waals surface area contributed by atoms with E-state index in [9.17, 15) is 0 Å². The van der Waals surface area contributed by atoms with Gasteiger partial charge in [-0.1, -0.05) is 43.3 Å². The van der Waals surface area contributed by atoms with Crippen molar-refractivity contribution in [3.05, 3.63) is 53.4 Å². The lowest BCUT2D eigenvalue weighted by Gasteiger charge is -2.07. The van der Waals surface area contributed by atoms with Gasteiger partial charge in [-0.15, -0.1) is 0 Å². The molecular formula is C14H18N2O. The van der Waals surface area contributed by atoms with E-state index in [1.165, 1.54) is 11.1 Å². The maximum atomic E-state index is 4.77. The maximum Gasteiger partial charge on any atom is 0.124 e. The van der Waals surface area contributed by atoms with E-state index in [0.717, 1.165) is 18.8 Å². The highest BCUT2D eigenvalue weighted by molar-refractivity contribution is 5.24. The van der Waals surface area contributed by atoms with Gasteiger partial charge in [-0.3, -0.25) is 0 Å². The standard InChI is InChI=1S/C14H18N2O/c1-11(2)13-5-3-12(4-6-13)9-15-10-14-7-8-17-16-14/h3-8,11,15H,9-10H2,1-2H3. The van der Waals surface area contributed by atoms with Crippen molar-refractivity contribution in [2.24, 2.45) is 0 Å². The van der Waals surface area contributed by atoms with Crippen LogP contribution < -0.4 is 5.32 Å². The average molecular weight is 230 g/mol. The molecule has 90 valence electrons. The van der Waals surface area contributed by atoms with Crippen molar-refractivity contribution in [1.29, 1.82) is 0 Å². The van der Waals surface area contributed by atoms with Crippen molar-refractivity contribution in [3.63, 3.8) is 0 Å². The van der Waals surface area contributed by atoms with Crippen LogP contribution in [-0.2, 0) is 13.1 Å². The fourth-order valence-corrected chi connectivity index (χ4v) is 1.68. The van der Waals surface area contributed by atoms with E-state index in [0.29, 0.717) is 5.92 Å². The Morgan fingerprint density at radius 3 is 2.47 bits per heavy atom. The van der Waals surface area contributed by atoms with Gasteiger partial charge in [0.15, 0.2) is 0 Å². The molecule has 2 aromatic rings. The van der Waals surface area contributed by atoms with E-state index in [4.69, 9.17) is 4.52 Å². The second kappa shape index (κ2) is 5.64. The molecule has 0 spiro atoms. The van der Waals surface area contributed by atoms with Crippen LogP contribution in [0, 0.1) is 0 Å². The van der Waals surface area contributed by atoms with Crippen LogP contribution in [0.4, 0.5) is 0 Å². The summed E-state index contributed by atoms with van der Waals surface area (Å²) in [7, 11) is 0. The van der Waals surface area contributed by atoms with Crippen LogP contribution in [0.1, 0.15) is 36.6 Å². The predicted molar refractivity (Wildman–Crippen MR) is 67.6 cm³/mol. The van der Waals surface area contributed by atoms with Crippen LogP contribution >= 0.6 is 0 Å². The predicted octanol–water partition coefficient (Wildman–Crippen LogP) is 3.09. The average Bonchev–Trinajstić information content (AvgIpc) is 2.83. The first kappa shape index (κ1) is 11.9. The Morgan fingerprint density at radius 1 is 1.12 bits per heavy atom. The van der Waals surface area contributed by atoms with Gasteiger partial charge < -0.3 is 9.84 Å². The monoisotopic (exact) mass is 230 g/mol. The number of aromatic nitrogens is 1. The molecule has 0 fully saturated rings.